The highest BCUT2D eigenvalue weighted by Gasteiger charge is 2.36. The van der Waals surface area contributed by atoms with Crippen molar-refractivity contribution in [3.05, 3.63) is 34.3 Å². The van der Waals surface area contributed by atoms with Gasteiger partial charge in [-0.15, -0.1) is 0 Å². The summed E-state index contributed by atoms with van der Waals surface area (Å²) in [5.74, 6) is 0.920. The molecule has 110 valence electrons. The lowest BCUT2D eigenvalue weighted by atomic mass is 10.0. The predicted octanol–water partition coefficient (Wildman–Crippen LogP) is 3.61. The van der Waals surface area contributed by atoms with Crippen LogP contribution in [0.1, 0.15) is 37.3 Å². The Morgan fingerprint density at radius 3 is 2.80 bits per heavy atom. The van der Waals surface area contributed by atoms with Gasteiger partial charge in [-0.1, -0.05) is 30.7 Å². The van der Waals surface area contributed by atoms with Crippen molar-refractivity contribution < 1.29 is 0 Å². The molecule has 0 spiro atoms. The van der Waals surface area contributed by atoms with Crippen molar-refractivity contribution in [3.8, 4) is 0 Å². The summed E-state index contributed by atoms with van der Waals surface area (Å²) in [5, 5.41) is 4.66. The molecule has 1 N–H and O–H groups in total. The maximum atomic E-state index is 6.41. The first kappa shape index (κ1) is 14.4. The molecule has 1 aromatic rings. The number of piperazine rings is 1. The maximum Gasteiger partial charge on any atom is 0.0453 e. The fourth-order valence-corrected chi connectivity index (χ4v) is 3.59. The van der Waals surface area contributed by atoms with E-state index in [-0.39, 0.29) is 0 Å². The molecule has 2 aliphatic rings. The normalized spacial score (nSPS) is 27.8. The standard InChI is InChI=1S/C17H25ClN2/c1-3-15-9-19-17(13-6-7-13)11-20(15)10-14-5-4-12(2)8-16(14)18/h4-5,8,13,15,17,19H,3,6-7,9-11H2,1-2H3. The molecule has 20 heavy (non-hydrogen) atoms. The first-order valence-electron chi connectivity index (χ1n) is 7.90. The lowest BCUT2D eigenvalue weighted by molar-refractivity contribution is 0.112. The third-order valence-corrected chi connectivity index (χ3v) is 5.16. The van der Waals surface area contributed by atoms with E-state index in [4.69, 9.17) is 11.6 Å². The summed E-state index contributed by atoms with van der Waals surface area (Å²) in [4.78, 5) is 2.63. The maximum absolute atomic E-state index is 6.41. The van der Waals surface area contributed by atoms with Crippen molar-refractivity contribution in [2.45, 2.75) is 51.7 Å². The molecule has 0 radical (unpaired) electrons. The van der Waals surface area contributed by atoms with E-state index in [1.54, 1.807) is 0 Å². The van der Waals surface area contributed by atoms with Crippen LogP contribution in [0.4, 0.5) is 0 Å². The molecule has 2 fully saturated rings. The van der Waals surface area contributed by atoms with Crippen LogP contribution >= 0.6 is 11.6 Å². The molecule has 1 aromatic carbocycles. The highest BCUT2D eigenvalue weighted by Crippen LogP contribution is 2.35. The van der Waals surface area contributed by atoms with E-state index in [0.717, 1.165) is 24.0 Å². The van der Waals surface area contributed by atoms with Gasteiger partial charge >= 0.3 is 0 Å². The van der Waals surface area contributed by atoms with Crippen molar-refractivity contribution in [2.75, 3.05) is 13.1 Å². The minimum Gasteiger partial charge on any atom is -0.311 e. The zero-order chi connectivity index (χ0) is 14.1. The van der Waals surface area contributed by atoms with Gasteiger partial charge in [0.05, 0.1) is 0 Å². The summed E-state index contributed by atoms with van der Waals surface area (Å²) in [6.07, 6.45) is 4.02. The van der Waals surface area contributed by atoms with Crippen LogP contribution in [0, 0.1) is 12.8 Å². The average Bonchev–Trinajstić information content (AvgIpc) is 3.26. The van der Waals surface area contributed by atoms with Gasteiger partial charge in [-0.3, -0.25) is 4.90 Å². The topological polar surface area (TPSA) is 15.3 Å². The van der Waals surface area contributed by atoms with E-state index < -0.39 is 0 Å². The molecule has 2 atom stereocenters. The van der Waals surface area contributed by atoms with Gasteiger partial charge in [0.25, 0.3) is 0 Å². The van der Waals surface area contributed by atoms with Gasteiger partial charge in [-0.25, -0.2) is 0 Å². The Morgan fingerprint density at radius 1 is 1.35 bits per heavy atom. The van der Waals surface area contributed by atoms with Crippen molar-refractivity contribution >= 4 is 11.6 Å². The van der Waals surface area contributed by atoms with Crippen LogP contribution in [0.15, 0.2) is 18.2 Å². The minimum absolute atomic E-state index is 0.641. The molecule has 0 aromatic heterocycles. The number of rotatable bonds is 4. The lowest BCUT2D eigenvalue weighted by Crippen LogP contribution is -2.56. The zero-order valence-electron chi connectivity index (χ0n) is 12.5. The van der Waals surface area contributed by atoms with Gasteiger partial charge in [0.2, 0.25) is 0 Å². The Hall–Kier alpha value is -0.570. The lowest BCUT2D eigenvalue weighted by Gasteiger charge is -2.40. The SMILES string of the molecule is CCC1CNC(C2CC2)CN1Cc1ccc(C)cc1Cl. The highest BCUT2D eigenvalue weighted by atomic mass is 35.5. The second-order valence-corrected chi connectivity index (χ2v) is 6.85. The van der Waals surface area contributed by atoms with Crippen molar-refractivity contribution in [2.24, 2.45) is 5.92 Å². The number of nitrogens with zero attached hydrogens (tertiary/aromatic N) is 1. The fraction of sp³-hybridized carbons (Fsp3) is 0.647. The van der Waals surface area contributed by atoms with Crippen LogP contribution in [0.25, 0.3) is 0 Å². The van der Waals surface area contributed by atoms with Gasteiger partial charge in [0, 0.05) is 36.7 Å². The van der Waals surface area contributed by atoms with Crippen molar-refractivity contribution in [3.63, 3.8) is 0 Å². The van der Waals surface area contributed by atoms with Gasteiger partial charge in [0.1, 0.15) is 0 Å². The summed E-state index contributed by atoms with van der Waals surface area (Å²) < 4.78 is 0. The Balaban J connectivity index is 1.71. The summed E-state index contributed by atoms with van der Waals surface area (Å²) in [6.45, 7) is 7.67. The van der Waals surface area contributed by atoms with E-state index in [2.05, 4.69) is 42.3 Å². The van der Waals surface area contributed by atoms with Crippen LogP contribution in [-0.2, 0) is 6.54 Å². The molecular formula is C17H25ClN2. The second-order valence-electron chi connectivity index (χ2n) is 6.44. The third kappa shape index (κ3) is 3.19. The molecule has 2 unspecified atom stereocenters. The number of hydrogen-bond acceptors (Lipinski definition) is 2. The van der Waals surface area contributed by atoms with Gasteiger partial charge in [0.15, 0.2) is 0 Å². The van der Waals surface area contributed by atoms with Crippen molar-refractivity contribution in [1.29, 1.82) is 0 Å². The molecule has 1 aliphatic carbocycles. The van der Waals surface area contributed by atoms with Crippen LogP contribution in [0.5, 0.6) is 0 Å². The fourth-order valence-electron chi connectivity index (χ4n) is 3.29. The van der Waals surface area contributed by atoms with Crippen LogP contribution in [0.2, 0.25) is 5.02 Å². The van der Waals surface area contributed by atoms with Crippen LogP contribution in [-0.4, -0.2) is 30.1 Å². The number of benzene rings is 1. The zero-order valence-corrected chi connectivity index (χ0v) is 13.3. The highest BCUT2D eigenvalue weighted by molar-refractivity contribution is 6.31. The van der Waals surface area contributed by atoms with Gasteiger partial charge in [-0.05, 0) is 49.3 Å². The monoisotopic (exact) mass is 292 g/mol. The molecule has 3 rings (SSSR count). The van der Waals surface area contributed by atoms with Crippen LogP contribution in [0.3, 0.4) is 0 Å². The number of nitrogens with one attached hydrogen (secondary N) is 1. The molecule has 1 saturated carbocycles. The van der Waals surface area contributed by atoms with Crippen molar-refractivity contribution in [1.82, 2.24) is 10.2 Å². The summed E-state index contributed by atoms with van der Waals surface area (Å²) >= 11 is 6.41. The first-order chi connectivity index (χ1) is 9.67. The number of hydrogen-bond donors (Lipinski definition) is 1. The summed E-state index contributed by atoms with van der Waals surface area (Å²) in [5.41, 5.74) is 2.51. The Labute approximate surface area is 127 Å². The molecule has 2 nitrogen and oxygen atoms in total. The molecular weight excluding hydrogens is 268 g/mol. The van der Waals surface area contributed by atoms with E-state index in [9.17, 15) is 0 Å². The average molecular weight is 293 g/mol. The van der Waals surface area contributed by atoms with E-state index in [0.29, 0.717) is 12.1 Å². The second kappa shape index (κ2) is 6.05. The van der Waals surface area contributed by atoms with E-state index >= 15 is 0 Å². The predicted molar refractivity (Wildman–Crippen MR) is 85.2 cm³/mol. The number of aryl methyl sites for hydroxylation is 1. The first-order valence-corrected chi connectivity index (χ1v) is 8.27. The smallest absolute Gasteiger partial charge is 0.0453 e. The van der Waals surface area contributed by atoms with E-state index in [1.165, 1.54) is 36.9 Å². The Bertz CT molecular complexity index is 470. The van der Waals surface area contributed by atoms with E-state index in [1.807, 2.05) is 0 Å². The van der Waals surface area contributed by atoms with Gasteiger partial charge < -0.3 is 5.32 Å². The Kier molecular flexibility index (Phi) is 4.34. The molecule has 1 aliphatic heterocycles. The van der Waals surface area contributed by atoms with Crippen LogP contribution < -0.4 is 5.32 Å². The Morgan fingerprint density at radius 2 is 2.15 bits per heavy atom. The molecule has 3 heteroatoms. The third-order valence-electron chi connectivity index (χ3n) is 4.81. The molecule has 1 heterocycles. The molecule has 1 saturated heterocycles. The largest absolute Gasteiger partial charge is 0.311 e. The quantitative estimate of drug-likeness (QED) is 0.912. The van der Waals surface area contributed by atoms with Gasteiger partial charge in [-0.2, -0.15) is 0 Å². The summed E-state index contributed by atoms with van der Waals surface area (Å²) in [6, 6.07) is 7.78. The number of halogens is 1. The summed E-state index contributed by atoms with van der Waals surface area (Å²) in [7, 11) is 0. The minimum atomic E-state index is 0.641. The molecule has 0 amide bonds. The molecule has 0 bridgehead atoms.